The second kappa shape index (κ2) is 6.64. The number of nitrogens with two attached hydrogens (primary N) is 1. The number of imidazole rings is 1. The van der Waals surface area contributed by atoms with Gasteiger partial charge in [-0.3, -0.25) is 4.79 Å². The van der Waals surface area contributed by atoms with Crippen molar-refractivity contribution < 1.29 is 4.79 Å². The molecule has 0 unspecified atom stereocenters. The van der Waals surface area contributed by atoms with Gasteiger partial charge in [0, 0.05) is 18.9 Å². The van der Waals surface area contributed by atoms with Gasteiger partial charge in [-0.2, -0.15) is 0 Å². The second-order valence-corrected chi connectivity index (χ2v) is 3.14. The third-order valence-corrected chi connectivity index (χ3v) is 2.07. The van der Waals surface area contributed by atoms with Crippen LogP contribution in [0.2, 0.25) is 0 Å². The molecule has 3 N–H and O–H groups in total. The molecule has 16 heavy (non-hydrogen) atoms. The van der Waals surface area contributed by atoms with E-state index in [-0.39, 0.29) is 12.5 Å². The minimum Gasteiger partial charge on any atom is -0.344 e. The lowest BCUT2D eigenvalue weighted by Gasteiger charge is -1.99. The van der Waals surface area contributed by atoms with Gasteiger partial charge in [0.1, 0.15) is 5.82 Å². The molecule has 0 bridgehead atoms. The maximum absolute atomic E-state index is 10.8. The second-order valence-electron chi connectivity index (χ2n) is 3.14. The molecular weight excluding hydrogens is 204 g/mol. The van der Waals surface area contributed by atoms with Crippen molar-refractivity contribution in [2.45, 2.75) is 19.9 Å². The molecule has 0 aliphatic carbocycles. The average molecular weight is 220 g/mol. The summed E-state index contributed by atoms with van der Waals surface area (Å²) in [5.41, 5.74) is 5.13. The molecule has 0 aliphatic rings. The number of aromatic nitrogens is 2. The number of amides is 1. The summed E-state index contributed by atoms with van der Waals surface area (Å²) >= 11 is 0. The molecule has 0 spiro atoms. The number of carbonyl (C=O) groups is 1. The molecule has 0 fully saturated rings. The van der Waals surface area contributed by atoms with Crippen molar-refractivity contribution >= 4 is 5.91 Å². The minimum absolute atomic E-state index is 0.00191. The van der Waals surface area contributed by atoms with Gasteiger partial charge in [-0.15, -0.1) is 0 Å². The molecule has 86 valence electrons. The summed E-state index contributed by atoms with van der Waals surface area (Å²) < 4.78 is 2.03. The van der Waals surface area contributed by atoms with E-state index < -0.39 is 0 Å². The summed E-state index contributed by atoms with van der Waals surface area (Å²) in [7, 11) is 0. The molecule has 5 heteroatoms. The highest BCUT2D eigenvalue weighted by Gasteiger charge is 1.97. The number of hydrogen-bond donors (Lipinski definition) is 2. The van der Waals surface area contributed by atoms with Crippen LogP contribution in [-0.4, -0.2) is 28.5 Å². The van der Waals surface area contributed by atoms with E-state index in [1.807, 2.05) is 10.8 Å². The first-order chi connectivity index (χ1) is 7.77. The van der Waals surface area contributed by atoms with Crippen molar-refractivity contribution in [3.8, 4) is 11.8 Å². The Hall–Kier alpha value is -1.80. The fourth-order valence-corrected chi connectivity index (χ4v) is 1.21. The van der Waals surface area contributed by atoms with Crippen LogP contribution in [0.25, 0.3) is 0 Å². The lowest BCUT2D eigenvalue weighted by Crippen LogP contribution is -2.30. The van der Waals surface area contributed by atoms with Crippen LogP contribution < -0.4 is 11.1 Å². The number of hydrogen-bond acceptors (Lipinski definition) is 3. The van der Waals surface area contributed by atoms with Crippen molar-refractivity contribution in [3.63, 3.8) is 0 Å². The van der Waals surface area contributed by atoms with E-state index in [1.165, 1.54) is 0 Å². The Morgan fingerprint density at radius 3 is 3.12 bits per heavy atom. The molecule has 1 amide bonds. The van der Waals surface area contributed by atoms with Gasteiger partial charge in [0.2, 0.25) is 5.91 Å². The van der Waals surface area contributed by atoms with Gasteiger partial charge in [-0.1, -0.05) is 11.8 Å². The van der Waals surface area contributed by atoms with E-state index in [0.29, 0.717) is 13.0 Å². The maximum Gasteiger partial charge on any atom is 0.234 e. The predicted octanol–water partition coefficient (Wildman–Crippen LogP) is -0.476. The van der Waals surface area contributed by atoms with Crippen LogP contribution in [0.4, 0.5) is 0 Å². The molecule has 0 aliphatic heterocycles. The van der Waals surface area contributed by atoms with Gasteiger partial charge < -0.3 is 15.6 Å². The van der Waals surface area contributed by atoms with E-state index in [9.17, 15) is 4.79 Å². The summed E-state index contributed by atoms with van der Waals surface area (Å²) in [4.78, 5) is 15.0. The number of nitrogens with zero attached hydrogens (tertiary/aromatic N) is 2. The van der Waals surface area contributed by atoms with Crippen LogP contribution in [0, 0.1) is 11.8 Å². The molecule has 0 saturated carbocycles. The molecule has 0 atom stereocenters. The van der Waals surface area contributed by atoms with Crippen LogP contribution in [0.15, 0.2) is 12.4 Å². The van der Waals surface area contributed by atoms with Gasteiger partial charge in [0.05, 0.1) is 19.5 Å². The first kappa shape index (κ1) is 12.3. The first-order valence-corrected chi connectivity index (χ1v) is 5.20. The fourth-order valence-electron chi connectivity index (χ4n) is 1.21. The SMILES string of the molecule is CCn1ccnc1CC#CCNC(=O)CN. The van der Waals surface area contributed by atoms with Crippen molar-refractivity contribution in [1.29, 1.82) is 0 Å². The number of aryl methyl sites for hydroxylation is 1. The number of nitrogens with one attached hydrogen (secondary N) is 1. The highest BCUT2D eigenvalue weighted by atomic mass is 16.1. The zero-order valence-electron chi connectivity index (χ0n) is 9.36. The van der Waals surface area contributed by atoms with E-state index in [2.05, 4.69) is 29.1 Å². The Balaban J connectivity index is 2.34. The van der Waals surface area contributed by atoms with E-state index >= 15 is 0 Å². The van der Waals surface area contributed by atoms with Crippen LogP contribution in [0.5, 0.6) is 0 Å². The third-order valence-electron chi connectivity index (χ3n) is 2.07. The summed E-state index contributed by atoms with van der Waals surface area (Å²) in [6, 6.07) is 0. The van der Waals surface area contributed by atoms with Gasteiger partial charge in [-0.05, 0) is 6.92 Å². The monoisotopic (exact) mass is 220 g/mol. The summed E-state index contributed by atoms with van der Waals surface area (Å²) in [5, 5.41) is 2.58. The molecule has 5 nitrogen and oxygen atoms in total. The van der Waals surface area contributed by atoms with Crippen LogP contribution in [0.3, 0.4) is 0 Å². The Bertz CT molecular complexity index is 400. The topological polar surface area (TPSA) is 72.9 Å². The van der Waals surface area contributed by atoms with Gasteiger partial charge in [-0.25, -0.2) is 4.98 Å². The Labute approximate surface area is 95.0 Å². The first-order valence-electron chi connectivity index (χ1n) is 5.20. The third kappa shape index (κ3) is 3.75. The molecular formula is C11H16N4O. The molecule has 0 radical (unpaired) electrons. The largest absolute Gasteiger partial charge is 0.344 e. The Kier molecular flexibility index (Phi) is 5.09. The summed E-state index contributed by atoms with van der Waals surface area (Å²) in [6.07, 6.45) is 4.28. The summed E-state index contributed by atoms with van der Waals surface area (Å²) in [5.74, 6) is 6.56. The van der Waals surface area contributed by atoms with Crippen LogP contribution in [0.1, 0.15) is 12.7 Å². The zero-order chi connectivity index (χ0) is 11.8. The molecule has 1 aromatic heterocycles. The van der Waals surface area contributed by atoms with E-state index in [1.54, 1.807) is 6.20 Å². The molecule has 1 heterocycles. The number of rotatable bonds is 4. The lowest BCUT2D eigenvalue weighted by molar-refractivity contribution is -0.119. The standard InChI is InChI=1S/C11H16N4O/c1-2-15-8-7-13-10(15)5-3-4-6-14-11(16)9-12/h7-8H,2,5-6,9,12H2,1H3,(H,14,16). The van der Waals surface area contributed by atoms with Crippen molar-refractivity contribution in [2.24, 2.45) is 5.73 Å². The Morgan fingerprint density at radius 2 is 2.44 bits per heavy atom. The van der Waals surface area contributed by atoms with E-state index in [4.69, 9.17) is 5.73 Å². The predicted molar refractivity (Wildman–Crippen MR) is 61.4 cm³/mol. The smallest absolute Gasteiger partial charge is 0.234 e. The van der Waals surface area contributed by atoms with Gasteiger partial charge in [0.15, 0.2) is 0 Å². The minimum atomic E-state index is -0.190. The highest BCUT2D eigenvalue weighted by Crippen LogP contribution is 1.96. The van der Waals surface area contributed by atoms with Crippen molar-refractivity contribution in [3.05, 3.63) is 18.2 Å². The van der Waals surface area contributed by atoms with Gasteiger partial charge in [0.25, 0.3) is 0 Å². The van der Waals surface area contributed by atoms with Crippen molar-refractivity contribution in [2.75, 3.05) is 13.1 Å². The van der Waals surface area contributed by atoms with Crippen LogP contribution in [-0.2, 0) is 17.8 Å². The van der Waals surface area contributed by atoms with E-state index in [0.717, 1.165) is 12.4 Å². The molecule has 1 aromatic rings. The quantitative estimate of drug-likeness (QED) is 0.673. The fraction of sp³-hybridized carbons (Fsp3) is 0.455. The zero-order valence-corrected chi connectivity index (χ0v) is 9.36. The maximum atomic E-state index is 10.8. The lowest BCUT2D eigenvalue weighted by atomic mass is 10.4. The van der Waals surface area contributed by atoms with Crippen molar-refractivity contribution in [1.82, 2.24) is 14.9 Å². The Morgan fingerprint density at radius 1 is 1.62 bits per heavy atom. The van der Waals surface area contributed by atoms with Gasteiger partial charge >= 0.3 is 0 Å². The molecule has 0 saturated heterocycles. The number of carbonyl (C=O) groups excluding carboxylic acids is 1. The molecule has 0 aromatic carbocycles. The average Bonchev–Trinajstić information content (AvgIpc) is 2.75. The highest BCUT2D eigenvalue weighted by molar-refractivity contribution is 5.77. The summed E-state index contributed by atoms with van der Waals surface area (Å²) in [6.45, 7) is 3.28. The van der Waals surface area contributed by atoms with Crippen LogP contribution >= 0.6 is 0 Å². The normalized spacial score (nSPS) is 9.38. The molecule has 1 rings (SSSR count).